The highest BCUT2D eigenvalue weighted by atomic mass is 32.1. The SMILES string of the molecule is COc1ccc([C@H]2C3=C(N=c4s/c(=C\c5ccc(OCc6ccccc6F)cc5)c(=O)n42)c2ccccc2CC3)cc1OC. The number of fused-ring (bicyclic) bond motifs is 3. The third-order valence-electron chi connectivity index (χ3n) is 8.13. The van der Waals surface area contributed by atoms with E-state index in [2.05, 4.69) is 18.2 Å². The number of nitrogens with zero attached hydrogens (tertiary/aromatic N) is 2. The summed E-state index contributed by atoms with van der Waals surface area (Å²) < 4.78 is 33.3. The van der Waals surface area contributed by atoms with Crippen molar-refractivity contribution in [2.24, 2.45) is 4.99 Å². The van der Waals surface area contributed by atoms with Gasteiger partial charge in [-0.05, 0) is 71.5 Å². The van der Waals surface area contributed by atoms with Gasteiger partial charge in [-0.25, -0.2) is 9.38 Å². The van der Waals surface area contributed by atoms with Gasteiger partial charge >= 0.3 is 0 Å². The minimum absolute atomic E-state index is 0.0983. The second kappa shape index (κ2) is 11.6. The quantitative estimate of drug-likeness (QED) is 0.227. The Morgan fingerprint density at radius 3 is 2.50 bits per heavy atom. The summed E-state index contributed by atoms with van der Waals surface area (Å²) in [5, 5.41) is 0. The average Bonchev–Trinajstić information content (AvgIpc) is 3.37. The van der Waals surface area contributed by atoms with E-state index < -0.39 is 0 Å². The van der Waals surface area contributed by atoms with Crippen LogP contribution < -0.4 is 29.1 Å². The first-order valence-corrected chi connectivity index (χ1v) is 15.2. The van der Waals surface area contributed by atoms with Crippen molar-refractivity contribution in [3.63, 3.8) is 0 Å². The first kappa shape index (κ1) is 27.9. The van der Waals surface area contributed by atoms with E-state index in [0.29, 0.717) is 32.1 Å². The van der Waals surface area contributed by atoms with Crippen LogP contribution in [-0.4, -0.2) is 18.8 Å². The number of methoxy groups -OCH3 is 2. The molecule has 0 bridgehead atoms. The van der Waals surface area contributed by atoms with Crippen LogP contribution >= 0.6 is 11.3 Å². The Morgan fingerprint density at radius 2 is 1.70 bits per heavy atom. The molecule has 0 radical (unpaired) electrons. The maximum atomic E-state index is 14.1. The molecule has 44 heavy (non-hydrogen) atoms. The molecule has 1 aromatic heterocycles. The zero-order valence-corrected chi connectivity index (χ0v) is 25.1. The Bertz CT molecular complexity index is 2100. The Kier molecular flexibility index (Phi) is 7.36. The van der Waals surface area contributed by atoms with Gasteiger partial charge in [0.15, 0.2) is 16.3 Å². The van der Waals surface area contributed by atoms with Crippen LogP contribution in [-0.2, 0) is 13.0 Å². The minimum atomic E-state index is -0.328. The van der Waals surface area contributed by atoms with Gasteiger partial charge in [0.2, 0.25) is 0 Å². The van der Waals surface area contributed by atoms with Crippen molar-refractivity contribution in [1.82, 2.24) is 4.57 Å². The second-order valence-corrected chi connectivity index (χ2v) is 11.7. The number of allylic oxidation sites excluding steroid dienone is 1. The lowest BCUT2D eigenvalue weighted by molar-refractivity contribution is 0.300. The fraction of sp³-hybridized carbons (Fsp3) is 0.167. The fourth-order valence-electron chi connectivity index (χ4n) is 5.93. The highest BCUT2D eigenvalue weighted by Gasteiger charge is 2.33. The molecule has 0 N–H and O–H groups in total. The van der Waals surface area contributed by atoms with Gasteiger partial charge in [0.25, 0.3) is 5.56 Å². The monoisotopic (exact) mass is 604 g/mol. The van der Waals surface area contributed by atoms with E-state index in [1.807, 2.05) is 59.2 Å². The lowest BCUT2D eigenvalue weighted by Gasteiger charge is -2.31. The van der Waals surface area contributed by atoms with Gasteiger partial charge in [-0.15, -0.1) is 0 Å². The van der Waals surface area contributed by atoms with Crippen molar-refractivity contribution in [2.45, 2.75) is 25.5 Å². The number of thiazole rings is 1. The fourth-order valence-corrected chi connectivity index (χ4v) is 6.93. The number of hydrogen-bond donors (Lipinski definition) is 0. The van der Waals surface area contributed by atoms with Gasteiger partial charge < -0.3 is 14.2 Å². The second-order valence-electron chi connectivity index (χ2n) is 10.7. The van der Waals surface area contributed by atoms with Crippen LogP contribution in [0.2, 0.25) is 0 Å². The largest absolute Gasteiger partial charge is 0.493 e. The average molecular weight is 605 g/mol. The summed E-state index contributed by atoms with van der Waals surface area (Å²) in [6, 6.07) is 27.9. The number of ether oxygens (including phenoxy) is 3. The maximum Gasteiger partial charge on any atom is 0.271 e. The predicted octanol–water partition coefficient (Wildman–Crippen LogP) is 6.05. The zero-order chi connectivity index (χ0) is 30.2. The summed E-state index contributed by atoms with van der Waals surface area (Å²) in [6.07, 6.45) is 3.56. The molecule has 0 saturated carbocycles. The molecular formula is C36H29FN2O4S. The molecule has 7 rings (SSSR count). The molecule has 1 aliphatic heterocycles. The molecular weight excluding hydrogens is 575 g/mol. The molecule has 4 aromatic carbocycles. The highest BCUT2D eigenvalue weighted by Crippen LogP contribution is 2.42. The topological polar surface area (TPSA) is 62.0 Å². The molecule has 220 valence electrons. The van der Waals surface area contributed by atoms with E-state index in [9.17, 15) is 9.18 Å². The van der Waals surface area contributed by atoms with Crippen molar-refractivity contribution in [1.29, 1.82) is 0 Å². The Labute approximate surface area is 257 Å². The summed E-state index contributed by atoms with van der Waals surface area (Å²) >= 11 is 1.38. The molecule has 1 aliphatic carbocycles. The van der Waals surface area contributed by atoms with Gasteiger partial charge in [-0.3, -0.25) is 9.36 Å². The third kappa shape index (κ3) is 5.01. The van der Waals surface area contributed by atoms with Crippen LogP contribution in [0.25, 0.3) is 11.8 Å². The van der Waals surface area contributed by atoms with Crippen molar-refractivity contribution >= 4 is 23.1 Å². The van der Waals surface area contributed by atoms with Crippen LogP contribution in [0.4, 0.5) is 4.39 Å². The summed E-state index contributed by atoms with van der Waals surface area (Å²) in [5.41, 5.74) is 6.62. The molecule has 0 spiro atoms. The Balaban J connectivity index is 1.30. The number of hydrogen-bond acceptors (Lipinski definition) is 6. The van der Waals surface area contributed by atoms with E-state index in [-0.39, 0.29) is 24.0 Å². The first-order valence-electron chi connectivity index (χ1n) is 14.4. The smallest absolute Gasteiger partial charge is 0.271 e. The van der Waals surface area contributed by atoms with Gasteiger partial charge in [0, 0.05) is 11.1 Å². The third-order valence-corrected chi connectivity index (χ3v) is 9.11. The van der Waals surface area contributed by atoms with Crippen LogP contribution in [0.1, 0.15) is 40.3 Å². The van der Waals surface area contributed by atoms with Crippen molar-refractivity contribution in [2.75, 3.05) is 14.2 Å². The summed E-state index contributed by atoms with van der Waals surface area (Å²) in [6.45, 7) is 0.133. The lowest BCUT2D eigenvalue weighted by atomic mass is 9.83. The molecule has 0 saturated heterocycles. The molecule has 2 aliphatic rings. The standard InChI is InChI=1S/C36H29FN2O4S/c1-41-30-18-14-24(20-31(30)42-2)34-28-17-13-23-7-3-5-9-27(23)33(28)38-36-39(34)35(40)32(44-36)19-22-11-15-26(16-12-22)43-21-25-8-4-6-10-29(25)37/h3-12,14-16,18-20,34H,13,17,21H2,1-2H3/b32-19-/t34-/m0/s1. The van der Waals surface area contributed by atoms with Gasteiger partial charge in [0.05, 0.1) is 30.5 Å². The van der Waals surface area contributed by atoms with Crippen molar-refractivity contribution in [3.05, 3.63) is 150 Å². The molecule has 0 amide bonds. The van der Waals surface area contributed by atoms with E-state index in [1.165, 1.54) is 23.0 Å². The normalized spacial score (nSPS) is 15.6. The molecule has 6 nitrogen and oxygen atoms in total. The lowest BCUT2D eigenvalue weighted by Crippen LogP contribution is -2.38. The van der Waals surface area contributed by atoms with Crippen LogP contribution in [0.5, 0.6) is 17.2 Å². The van der Waals surface area contributed by atoms with Gasteiger partial charge in [-0.1, -0.05) is 72.0 Å². The number of rotatable bonds is 7. The zero-order valence-electron chi connectivity index (χ0n) is 24.2. The summed E-state index contributed by atoms with van der Waals surface area (Å²) in [5.74, 6) is 1.57. The van der Waals surface area contributed by atoms with E-state index in [4.69, 9.17) is 19.2 Å². The van der Waals surface area contributed by atoms with Gasteiger partial charge in [0.1, 0.15) is 18.2 Å². The van der Waals surface area contributed by atoms with E-state index in [0.717, 1.165) is 40.8 Å². The highest BCUT2D eigenvalue weighted by molar-refractivity contribution is 7.07. The van der Waals surface area contributed by atoms with Crippen LogP contribution in [0.3, 0.4) is 0 Å². The minimum Gasteiger partial charge on any atom is -0.493 e. The molecule has 0 unspecified atom stereocenters. The molecule has 2 heterocycles. The molecule has 1 atom stereocenters. The van der Waals surface area contributed by atoms with E-state index >= 15 is 0 Å². The Hall–Kier alpha value is -4.95. The number of benzene rings is 4. The molecule has 0 fully saturated rings. The Morgan fingerprint density at radius 1 is 0.932 bits per heavy atom. The molecule has 8 heteroatoms. The first-order chi connectivity index (χ1) is 21.5. The number of aromatic nitrogens is 1. The van der Waals surface area contributed by atoms with Crippen molar-refractivity contribution in [3.8, 4) is 17.2 Å². The van der Waals surface area contributed by atoms with E-state index in [1.54, 1.807) is 32.4 Å². The summed E-state index contributed by atoms with van der Waals surface area (Å²) in [7, 11) is 3.23. The predicted molar refractivity (Wildman–Crippen MR) is 169 cm³/mol. The maximum absolute atomic E-state index is 14.1. The van der Waals surface area contributed by atoms with Crippen LogP contribution in [0.15, 0.2) is 106 Å². The van der Waals surface area contributed by atoms with Crippen LogP contribution in [0, 0.1) is 5.82 Å². The number of halogens is 1. The van der Waals surface area contributed by atoms with Crippen molar-refractivity contribution < 1.29 is 18.6 Å². The summed E-state index contributed by atoms with van der Waals surface area (Å²) in [4.78, 5) is 19.8. The van der Waals surface area contributed by atoms with Gasteiger partial charge in [-0.2, -0.15) is 0 Å². The molecule has 5 aromatic rings. The number of aryl methyl sites for hydroxylation is 1.